The molecule has 1 unspecified atom stereocenters. The Morgan fingerprint density at radius 2 is 1.96 bits per heavy atom. The maximum Gasteiger partial charge on any atom is 0.170 e. The van der Waals surface area contributed by atoms with E-state index in [1.165, 1.54) is 0 Å². The van der Waals surface area contributed by atoms with Gasteiger partial charge >= 0.3 is 0 Å². The average Bonchev–Trinajstić information content (AvgIpc) is 2.95. The first-order chi connectivity index (χ1) is 12.4. The quantitative estimate of drug-likeness (QED) is 0.630. The molecule has 1 aliphatic rings. The second-order valence-electron chi connectivity index (χ2n) is 6.55. The van der Waals surface area contributed by atoms with Crippen LogP contribution in [0.4, 0.5) is 0 Å². The Balaban J connectivity index is 1.75. The predicted molar refractivity (Wildman–Crippen MR) is 101 cm³/mol. The smallest absolute Gasteiger partial charge is 0.170 e. The van der Waals surface area contributed by atoms with Crippen molar-refractivity contribution in [3.8, 4) is 17.2 Å². The SMILES string of the molecule is COc1ccc(C=O)cc1Oc1ccc(CC2COC(C)(C)O2)cc1Br. The first-order valence-corrected chi connectivity index (χ1v) is 9.11. The molecule has 6 heteroatoms. The van der Waals surface area contributed by atoms with E-state index < -0.39 is 5.79 Å². The van der Waals surface area contributed by atoms with Crippen molar-refractivity contribution in [1.82, 2.24) is 0 Å². The molecule has 1 heterocycles. The fourth-order valence-corrected chi connectivity index (χ4v) is 3.35. The van der Waals surface area contributed by atoms with Gasteiger partial charge in [-0.15, -0.1) is 0 Å². The second-order valence-corrected chi connectivity index (χ2v) is 7.40. The molecule has 1 aliphatic heterocycles. The molecule has 0 amide bonds. The van der Waals surface area contributed by atoms with E-state index in [1.54, 1.807) is 25.3 Å². The van der Waals surface area contributed by atoms with E-state index in [2.05, 4.69) is 15.9 Å². The van der Waals surface area contributed by atoms with Crippen molar-refractivity contribution in [1.29, 1.82) is 0 Å². The Kier molecular flexibility index (Phi) is 5.65. The topological polar surface area (TPSA) is 54.0 Å². The van der Waals surface area contributed by atoms with Gasteiger partial charge in [-0.25, -0.2) is 0 Å². The monoisotopic (exact) mass is 420 g/mol. The molecule has 1 atom stereocenters. The summed E-state index contributed by atoms with van der Waals surface area (Å²) in [5, 5.41) is 0. The van der Waals surface area contributed by atoms with Crippen LogP contribution in [0.2, 0.25) is 0 Å². The molecule has 26 heavy (non-hydrogen) atoms. The molecule has 2 aromatic rings. The normalized spacial score (nSPS) is 18.5. The molecule has 0 bridgehead atoms. The molecule has 1 saturated heterocycles. The minimum atomic E-state index is -0.523. The highest BCUT2D eigenvalue weighted by Crippen LogP contribution is 2.36. The van der Waals surface area contributed by atoms with Gasteiger partial charge in [0.05, 0.1) is 24.3 Å². The lowest BCUT2D eigenvalue weighted by Crippen LogP contribution is -2.22. The number of hydrogen-bond acceptors (Lipinski definition) is 5. The van der Waals surface area contributed by atoms with Crippen LogP contribution in [0.15, 0.2) is 40.9 Å². The van der Waals surface area contributed by atoms with Gasteiger partial charge in [-0.1, -0.05) is 6.07 Å². The number of aldehydes is 1. The molecule has 3 rings (SSSR count). The highest BCUT2D eigenvalue weighted by atomic mass is 79.9. The van der Waals surface area contributed by atoms with Gasteiger partial charge < -0.3 is 18.9 Å². The Morgan fingerprint density at radius 1 is 1.19 bits per heavy atom. The van der Waals surface area contributed by atoms with Gasteiger partial charge in [-0.2, -0.15) is 0 Å². The van der Waals surface area contributed by atoms with Gasteiger partial charge in [0.1, 0.15) is 12.0 Å². The van der Waals surface area contributed by atoms with E-state index >= 15 is 0 Å². The Hall–Kier alpha value is -1.89. The summed E-state index contributed by atoms with van der Waals surface area (Å²) in [7, 11) is 1.56. The third kappa shape index (κ3) is 4.44. The van der Waals surface area contributed by atoms with E-state index in [0.29, 0.717) is 29.4 Å². The van der Waals surface area contributed by atoms with Crippen LogP contribution in [0.25, 0.3) is 0 Å². The zero-order valence-corrected chi connectivity index (χ0v) is 16.5. The molecule has 138 valence electrons. The third-order valence-electron chi connectivity index (χ3n) is 4.07. The van der Waals surface area contributed by atoms with Crippen molar-refractivity contribution < 1.29 is 23.7 Å². The lowest BCUT2D eigenvalue weighted by atomic mass is 10.1. The summed E-state index contributed by atoms with van der Waals surface area (Å²) in [6.45, 7) is 4.42. The highest BCUT2D eigenvalue weighted by Gasteiger charge is 2.32. The van der Waals surface area contributed by atoms with Gasteiger partial charge in [0.2, 0.25) is 0 Å². The number of rotatable bonds is 6. The lowest BCUT2D eigenvalue weighted by molar-refractivity contribution is -0.138. The Labute approximate surface area is 161 Å². The van der Waals surface area contributed by atoms with Crippen molar-refractivity contribution in [2.75, 3.05) is 13.7 Å². The summed E-state index contributed by atoms with van der Waals surface area (Å²) in [6, 6.07) is 10.9. The van der Waals surface area contributed by atoms with Gasteiger partial charge in [0, 0.05) is 12.0 Å². The Morgan fingerprint density at radius 3 is 2.58 bits per heavy atom. The molecule has 1 fully saturated rings. The van der Waals surface area contributed by atoms with Gasteiger partial charge in [0.15, 0.2) is 17.3 Å². The minimum Gasteiger partial charge on any atom is -0.493 e. The van der Waals surface area contributed by atoms with Gasteiger partial charge in [-0.3, -0.25) is 4.79 Å². The first-order valence-electron chi connectivity index (χ1n) is 8.31. The van der Waals surface area contributed by atoms with E-state index in [9.17, 15) is 4.79 Å². The van der Waals surface area contributed by atoms with E-state index in [-0.39, 0.29) is 6.10 Å². The standard InChI is InChI=1S/C20H21BrO5/c1-20(2)24-12-15(26-20)8-13-4-6-17(16(21)9-13)25-19-10-14(11-22)5-7-18(19)23-3/h4-7,9-11,15H,8,12H2,1-3H3. The third-order valence-corrected chi connectivity index (χ3v) is 4.69. The Bertz CT molecular complexity index is 803. The summed E-state index contributed by atoms with van der Waals surface area (Å²) in [6.07, 6.45) is 1.56. The second kappa shape index (κ2) is 7.78. The summed E-state index contributed by atoms with van der Waals surface area (Å²) < 4.78 is 23.5. The maximum absolute atomic E-state index is 11.0. The number of halogens is 1. The van der Waals surface area contributed by atoms with Crippen LogP contribution in [0.1, 0.15) is 29.8 Å². The molecule has 0 saturated carbocycles. The van der Waals surface area contributed by atoms with Crippen molar-refractivity contribution in [3.05, 3.63) is 52.0 Å². The van der Waals surface area contributed by atoms with Crippen molar-refractivity contribution >= 4 is 22.2 Å². The van der Waals surface area contributed by atoms with Crippen LogP contribution >= 0.6 is 15.9 Å². The summed E-state index contributed by atoms with van der Waals surface area (Å²) in [5.74, 6) is 1.16. The minimum absolute atomic E-state index is 0.0352. The van der Waals surface area contributed by atoms with Gasteiger partial charge in [-0.05, 0) is 65.7 Å². The number of ether oxygens (including phenoxy) is 4. The van der Waals surface area contributed by atoms with Crippen LogP contribution in [-0.4, -0.2) is 31.9 Å². The maximum atomic E-state index is 11.0. The molecule has 0 spiro atoms. The molecular formula is C20H21BrO5. The zero-order chi connectivity index (χ0) is 18.7. The summed E-state index contributed by atoms with van der Waals surface area (Å²) in [4.78, 5) is 11.0. The number of carbonyl (C=O) groups excluding carboxylic acids is 1. The highest BCUT2D eigenvalue weighted by molar-refractivity contribution is 9.10. The van der Waals surface area contributed by atoms with E-state index in [0.717, 1.165) is 22.7 Å². The van der Waals surface area contributed by atoms with Gasteiger partial charge in [0.25, 0.3) is 0 Å². The number of carbonyl (C=O) groups is 1. The molecule has 0 aliphatic carbocycles. The predicted octanol–water partition coefficient (Wildman–Crippen LogP) is 4.76. The summed E-state index contributed by atoms with van der Waals surface area (Å²) >= 11 is 3.55. The number of methoxy groups -OCH3 is 1. The fraction of sp³-hybridized carbons (Fsp3) is 0.350. The van der Waals surface area contributed by atoms with Crippen LogP contribution in [0.3, 0.4) is 0 Å². The van der Waals surface area contributed by atoms with Crippen molar-refractivity contribution in [3.63, 3.8) is 0 Å². The van der Waals surface area contributed by atoms with Crippen LogP contribution in [0.5, 0.6) is 17.2 Å². The summed E-state index contributed by atoms with van der Waals surface area (Å²) in [5.41, 5.74) is 1.64. The van der Waals surface area contributed by atoms with Crippen LogP contribution in [0, 0.1) is 0 Å². The van der Waals surface area contributed by atoms with Crippen LogP contribution in [-0.2, 0) is 15.9 Å². The fourth-order valence-electron chi connectivity index (χ4n) is 2.85. The number of benzene rings is 2. The molecular weight excluding hydrogens is 400 g/mol. The largest absolute Gasteiger partial charge is 0.493 e. The average molecular weight is 421 g/mol. The molecule has 0 radical (unpaired) electrons. The molecule has 0 N–H and O–H groups in total. The van der Waals surface area contributed by atoms with Crippen LogP contribution < -0.4 is 9.47 Å². The molecule has 5 nitrogen and oxygen atoms in total. The number of hydrogen-bond donors (Lipinski definition) is 0. The van der Waals surface area contributed by atoms with Crippen molar-refractivity contribution in [2.45, 2.75) is 32.2 Å². The zero-order valence-electron chi connectivity index (χ0n) is 15.0. The first kappa shape index (κ1) is 18.9. The molecule has 2 aromatic carbocycles. The van der Waals surface area contributed by atoms with E-state index in [1.807, 2.05) is 32.0 Å². The lowest BCUT2D eigenvalue weighted by Gasteiger charge is -2.17. The van der Waals surface area contributed by atoms with E-state index in [4.69, 9.17) is 18.9 Å². The van der Waals surface area contributed by atoms with Crippen molar-refractivity contribution in [2.24, 2.45) is 0 Å². The molecule has 0 aromatic heterocycles.